The molecule has 1 fully saturated rings. The molecule has 0 saturated carbocycles. The van der Waals surface area contributed by atoms with E-state index in [2.05, 4.69) is 5.92 Å². The normalized spacial score (nSPS) is 34.1. The van der Waals surface area contributed by atoms with E-state index >= 15 is 0 Å². The van der Waals surface area contributed by atoms with E-state index in [9.17, 15) is 14.7 Å². The third-order valence-electron chi connectivity index (χ3n) is 2.95. The lowest BCUT2D eigenvalue weighted by atomic mass is 9.99. The summed E-state index contributed by atoms with van der Waals surface area (Å²) in [6.45, 7) is -0.508. The molecule has 0 spiro atoms. The molecule has 0 aromatic carbocycles. The van der Waals surface area contributed by atoms with Gasteiger partial charge in [-0.15, -0.1) is 6.42 Å². The SMILES string of the molecule is C#C[C@]1(Cl)[C@H](O)[C@@H](CO)O[C@H]1n1ccc(=O)[nH]c1=O. The van der Waals surface area contributed by atoms with Crippen molar-refractivity contribution < 1.29 is 14.9 Å². The van der Waals surface area contributed by atoms with Crippen molar-refractivity contribution in [2.75, 3.05) is 6.61 Å². The van der Waals surface area contributed by atoms with Crippen LogP contribution in [0.2, 0.25) is 0 Å². The van der Waals surface area contributed by atoms with Gasteiger partial charge >= 0.3 is 5.69 Å². The molecule has 0 amide bonds. The Hall–Kier alpha value is -1.59. The van der Waals surface area contributed by atoms with E-state index in [0.717, 1.165) is 16.8 Å². The van der Waals surface area contributed by atoms with Gasteiger partial charge < -0.3 is 14.9 Å². The molecule has 3 N–H and O–H groups in total. The zero-order valence-electron chi connectivity index (χ0n) is 9.62. The molecule has 2 heterocycles. The quantitative estimate of drug-likeness (QED) is 0.449. The summed E-state index contributed by atoms with van der Waals surface area (Å²) in [5.41, 5.74) is -1.36. The Morgan fingerprint density at radius 1 is 1.63 bits per heavy atom. The van der Waals surface area contributed by atoms with Crippen LogP contribution in [-0.2, 0) is 4.74 Å². The summed E-state index contributed by atoms with van der Waals surface area (Å²) in [7, 11) is 0. The van der Waals surface area contributed by atoms with E-state index in [1.54, 1.807) is 0 Å². The molecule has 1 saturated heterocycles. The number of halogens is 1. The lowest BCUT2D eigenvalue weighted by Crippen LogP contribution is -2.44. The van der Waals surface area contributed by atoms with Gasteiger partial charge in [-0.2, -0.15) is 0 Å². The van der Waals surface area contributed by atoms with Gasteiger partial charge in [-0.25, -0.2) is 4.79 Å². The molecule has 1 aromatic heterocycles. The zero-order chi connectivity index (χ0) is 14.2. The Balaban J connectivity index is 2.52. The lowest BCUT2D eigenvalue weighted by Gasteiger charge is -2.25. The topological polar surface area (TPSA) is 105 Å². The molecule has 0 unspecified atom stereocenters. The van der Waals surface area contributed by atoms with Crippen LogP contribution in [0.3, 0.4) is 0 Å². The first-order valence-electron chi connectivity index (χ1n) is 5.36. The molecule has 19 heavy (non-hydrogen) atoms. The second-order valence-corrected chi connectivity index (χ2v) is 4.71. The summed E-state index contributed by atoms with van der Waals surface area (Å²) < 4.78 is 6.27. The number of hydrogen-bond acceptors (Lipinski definition) is 5. The van der Waals surface area contributed by atoms with Gasteiger partial charge in [0.1, 0.15) is 12.2 Å². The van der Waals surface area contributed by atoms with Crippen molar-refractivity contribution in [1.29, 1.82) is 0 Å². The number of hydrogen-bond donors (Lipinski definition) is 3. The summed E-state index contributed by atoms with van der Waals surface area (Å²) in [5, 5.41) is 19.0. The molecule has 8 heteroatoms. The second-order valence-electron chi connectivity index (χ2n) is 4.08. The number of aromatic amines is 1. The lowest BCUT2D eigenvalue weighted by molar-refractivity contribution is -0.0464. The fourth-order valence-corrected chi connectivity index (χ4v) is 2.23. The average molecular weight is 287 g/mol. The molecule has 0 radical (unpaired) electrons. The number of alkyl halides is 1. The summed E-state index contributed by atoms with van der Waals surface area (Å²) >= 11 is 6.12. The smallest absolute Gasteiger partial charge is 0.330 e. The van der Waals surface area contributed by atoms with Crippen LogP contribution in [0.1, 0.15) is 6.23 Å². The van der Waals surface area contributed by atoms with Crippen molar-refractivity contribution in [2.45, 2.75) is 23.3 Å². The maximum atomic E-state index is 11.7. The summed E-state index contributed by atoms with van der Waals surface area (Å²) in [6, 6.07) is 1.09. The van der Waals surface area contributed by atoms with Gasteiger partial charge in [0.2, 0.25) is 0 Å². The zero-order valence-corrected chi connectivity index (χ0v) is 10.4. The van der Waals surface area contributed by atoms with Crippen molar-refractivity contribution in [1.82, 2.24) is 9.55 Å². The monoisotopic (exact) mass is 286 g/mol. The summed E-state index contributed by atoms with van der Waals surface area (Å²) in [4.78, 5) is 23.0. The van der Waals surface area contributed by atoms with E-state index in [0.29, 0.717) is 0 Å². The van der Waals surface area contributed by atoms with Gasteiger partial charge in [0.25, 0.3) is 5.56 Å². The highest BCUT2D eigenvalue weighted by Gasteiger charge is 2.55. The maximum Gasteiger partial charge on any atom is 0.330 e. The first kappa shape index (κ1) is 13.8. The number of rotatable bonds is 2. The van der Waals surface area contributed by atoms with Crippen LogP contribution >= 0.6 is 11.6 Å². The van der Waals surface area contributed by atoms with E-state index in [-0.39, 0.29) is 0 Å². The largest absolute Gasteiger partial charge is 0.394 e. The van der Waals surface area contributed by atoms with Crippen LogP contribution in [-0.4, -0.2) is 43.5 Å². The molecule has 4 atom stereocenters. The molecule has 2 rings (SSSR count). The van der Waals surface area contributed by atoms with E-state index in [4.69, 9.17) is 27.9 Å². The number of ether oxygens (including phenoxy) is 1. The summed E-state index contributed by atoms with van der Waals surface area (Å²) in [5.74, 6) is 2.17. The predicted octanol–water partition coefficient (Wildman–Crippen LogP) is -1.60. The van der Waals surface area contributed by atoms with Crippen molar-refractivity contribution in [3.8, 4) is 12.3 Å². The molecule has 0 aliphatic carbocycles. The number of terminal acetylenes is 1. The molecule has 1 aliphatic rings. The van der Waals surface area contributed by atoms with Gasteiger partial charge in [-0.3, -0.25) is 14.3 Å². The van der Waals surface area contributed by atoms with E-state index < -0.39 is 41.2 Å². The first-order chi connectivity index (χ1) is 8.93. The van der Waals surface area contributed by atoms with Gasteiger partial charge in [0.15, 0.2) is 11.1 Å². The Morgan fingerprint density at radius 3 is 2.84 bits per heavy atom. The molecule has 102 valence electrons. The number of aliphatic hydroxyl groups is 2. The number of aliphatic hydroxyl groups excluding tert-OH is 2. The van der Waals surface area contributed by atoms with Gasteiger partial charge in [0, 0.05) is 12.3 Å². The Labute approximate surface area is 112 Å². The first-order valence-corrected chi connectivity index (χ1v) is 5.74. The Morgan fingerprint density at radius 2 is 2.32 bits per heavy atom. The highest BCUT2D eigenvalue weighted by molar-refractivity contribution is 6.27. The third-order valence-corrected chi connectivity index (χ3v) is 3.47. The van der Waals surface area contributed by atoms with Crippen LogP contribution in [0.5, 0.6) is 0 Å². The van der Waals surface area contributed by atoms with E-state index in [1.807, 2.05) is 4.98 Å². The van der Waals surface area contributed by atoms with Gasteiger partial charge in [-0.1, -0.05) is 17.5 Å². The van der Waals surface area contributed by atoms with Crippen molar-refractivity contribution >= 4 is 11.6 Å². The molecule has 7 nitrogen and oxygen atoms in total. The van der Waals surface area contributed by atoms with Gasteiger partial charge in [-0.05, 0) is 0 Å². The van der Waals surface area contributed by atoms with Crippen molar-refractivity contribution in [3.05, 3.63) is 33.1 Å². The molecule has 1 aromatic rings. The molecular formula is C11H11ClN2O5. The van der Waals surface area contributed by atoms with Crippen LogP contribution < -0.4 is 11.2 Å². The summed E-state index contributed by atoms with van der Waals surface area (Å²) in [6.07, 6.45) is 2.88. The van der Waals surface area contributed by atoms with Crippen LogP contribution in [0.15, 0.2) is 21.9 Å². The number of nitrogens with one attached hydrogen (secondary N) is 1. The number of aromatic nitrogens is 2. The van der Waals surface area contributed by atoms with Crippen LogP contribution in [0.4, 0.5) is 0 Å². The van der Waals surface area contributed by atoms with Crippen LogP contribution in [0.25, 0.3) is 0 Å². The second kappa shape index (κ2) is 4.83. The number of H-pyrrole nitrogens is 1. The average Bonchev–Trinajstić information content (AvgIpc) is 2.63. The highest BCUT2D eigenvalue weighted by Crippen LogP contribution is 2.42. The predicted molar refractivity (Wildman–Crippen MR) is 65.7 cm³/mol. The maximum absolute atomic E-state index is 11.7. The Bertz CT molecular complexity index is 633. The fraction of sp³-hybridized carbons (Fsp3) is 0.455. The highest BCUT2D eigenvalue weighted by atomic mass is 35.5. The minimum Gasteiger partial charge on any atom is -0.394 e. The molecule has 1 aliphatic heterocycles. The van der Waals surface area contributed by atoms with E-state index in [1.165, 1.54) is 0 Å². The number of nitrogens with zero attached hydrogens (tertiary/aromatic N) is 1. The molecule has 0 bridgehead atoms. The molecular weight excluding hydrogens is 276 g/mol. The Kier molecular flexibility index (Phi) is 3.52. The minimum absolute atomic E-state index is 0.508. The standard InChI is InChI=1S/C11H11ClN2O5/c1-2-11(12)8(17)6(5-15)19-9(11)14-4-3-7(16)13-10(14)18/h1,3-4,6,8-9,15,17H,5H2,(H,13,16,18)/t6-,8-,9-,11+/m1/s1. The van der Waals surface area contributed by atoms with Crippen molar-refractivity contribution in [2.24, 2.45) is 0 Å². The van der Waals surface area contributed by atoms with Crippen LogP contribution in [0, 0.1) is 12.3 Å². The fourth-order valence-electron chi connectivity index (χ4n) is 1.94. The minimum atomic E-state index is -1.71. The third kappa shape index (κ3) is 2.09. The van der Waals surface area contributed by atoms with Gasteiger partial charge in [0.05, 0.1) is 6.61 Å². The van der Waals surface area contributed by atoms with Crippen molar-refractivity contribution in [3.63, 3.8) is 0 Å².